The van der Waals surface area contributed by atoms with Crippen LogP contribution in [0.5, 0.6) is 0 Å². The van der Waals surface area contributed by atoms with Crippen molar-refractivity contribution in [1.82, 2.24) is 19.8 Å². The molecule has 2 amide bonds. The summed E-state index contributed by atoms with van der Waals surface area (Å²) in [6, 6.07) is 9.80. The van der Waals surface area contributed by atoms with E-state index in [0.717, 1.165) is 27.7 Å². The Hall–Kier alpha value is -3.39. The molecule has 0 unspecified atom stereocenters. The number of anilines is 1. The number of hydrogen-bond donors (Lipinski definition) is 2. The fourth-order valence-corrected chi connectivity index (χ4v) is 4.36. The first kappa shape index (κ1) is 19.6. The normalized spacial score (nSPS) is 16.4. The molecule has 160 valence electrons. The summed E-state index contributed by atoms with van der Waals surface area (Å²) in [5.74, 6) is 0.195. The second-order valence-corrected chi connectivity index (χ2v) is 8.03. The number of ether oxygens (including phenoxy) is 1. The second-order valence-electron chi connectivity index (χ2n) is 8.03. The number of fused-ring (bicyclic) bond motifs is 2. The number of carbonyl (C=O) groups excluding carboxylic acids is 2. The van der Waals surface area contributed by atoms with E-state index in [4.69, 9.17) is 10.5 Å². The van der Waals surface area contributed by atoms with E-state index in [1.165, 1.54) is 0 Å². The van der Waals surface area contributed by atoms with Gasteiger partial charge in [0, 0.05) is 55.4 Å². The molecule has 1 aromatic carbocycles. The summed E-state index contributed by atoms with van der Waals surface area (Å²) in [6.07, 6.45) is 2.87. The predicted molar refractivity (Wildman–Crippen MR) is 116 cm³/mol. The number of nitrogen functional groups attached to an aromatic ring is 1. The monoisotopic (exact) mass is 419 g/mol. The summed E-state index contributed by atoms with van der Waals surface area (Å²) in [5.41, 5.74) is 10.3. The lowest BCUT2D eigenvalue weighted by molar-refractivity contribution is -0.131. The highest BCUT2D eigenvalue weighted by atomic mass is 16.5. The SMILES string of the molecule is Nc1nc2c(cc1C(=O)N1CCOCC1)CN(C(=O)Cc1c[nH]c3ccccc13)CC2. The zero-order valence-corrected chi connectivity index (χ0v) is 17.3. The van der Waals surface area contributed by atoms with Gasteiger partial charge in [0.2, 0.25) is 5.91 Å². The molecule has 0 saturated carbocycles. The van der Waals surface area contributed by atoms with Crippen LogP contribution in [0.1, 0.15) is 27.2 Å². The number of rotatable bonds is 3. The number of aromatic nitrogens is 2. The molecule has 5 rings (SSSR count). The summed E-state index contributed by atoms with van der Waals surface area (Å²) >= 11 is 0. The van der Waals surface area contributed by atoms with Gasteiger partial charge in [0.05, 0.1) is 25.2 Å². The van der Waals surface area contributed by atoms with Crippen LogP contribution >= 0.6 is 0 Å². The molecule has 8 heteroatoms. The first-order valence-corrected chi connectivity index (χ1v) is 10.6. The highest BCUT2D eigenvalue weighted by molar-refractivity contribution is 5.98. The van der Waals surface area contributed by atoms with Gasteiger partial charge >= 0.3 is 0 Å². The van der Waals surface area contributed by atoms with E-state index in [2.05, 4.69) is 9.97 Å². The number of nitrogens with zero attached hydrogens (tertiary/aromatic N) is 3. The van der Waals surface area contributed by atoms with Crippen LogP contribution in [0.25, 0.3) is 10.9 Å². The Morgan fingerprint density at radius 3 is 2.77 bits per heavy atom. The molecule has 2 aliphatic heterocycles. The van der Waals surface area contributed by atoms with Crippen LogP contribution in [-0.2, 0) is 28.9 Å². The number of nitrogens with one attached hydrogen (secondary N) is 1. The molecule has 1 saturated heterocycles. The number of para-hydroxylation sites is 1. The maximum absolute atomic E-state index is 13.0. The molecule has 0 bridgehead atoms. The summed E-state index contributed by atoms with van der Waals surface area (Å²) in [5, 5.41) is 1.07. The first-order chi connectivity index (χ1) is 15.1. The molecular formula is C23H25N5O3. The molecule has 2 aromatic heterocycles. The molecule has 3 aromatic rings. The molecule has 4 heterocycles. The molecule has 3 N–H and O–H groups in total. The average molecular weight is 419 g/mol. The molecule has 0 atom stereocenters. The number of hydrogen-bond acceptors (Lipinski definition) is 5. The quantitative estimate of drug-likeness (QED) is 0.673. The van der Waals surface area contributed by atoms with Gasteiger partial charge in [-0.1, -0.05) is 18.2 Å². The van der Waals surface area contributed by atoms with Gasteiger partial charge in [-0.3, -0.25) is 9.59 Å². The summed E-state index contributed by atoms with van der Waals surface area (Å²) in [7, 11) is 0. The number of carbonyl (C=O) groups is 2. The van der Waals surface area contributed by atoms with Gasteiger partial charge in [0.25, 0.3) is 5.91 Å². The van der Waals surface area contributed by atoms with Crippen LogP contribution in [-0.4, -0.2) is 64.4 Å². The molecule has 0 aliphatic carbocycles. The number of H-pyrrole nitrogens is 1. The maximum Gasteiger partial charge on any atom is 0.257 e. The van der Waals surface area contributed by atoms with E-state index >= 15 is 0 Å². The fraction of sp³-hybridized carbons (Fsp3) is 0.348. The van der Waals surface area contributed by atoms with Crippen LogP contribution in [0.2, 0.25) is 0 Å². The smallest absolute Gasteiger partial charge is 0.257 e. The van der Waals surface area contributed by atoms with Crippen LogP contribution < -0.4 is 5.73 Å². The van der Waals surface area contributed by atoms with E-state index in [1.807, 2.05) is 41.4 Å². The lowest BCUT2D eigenvalue weighted by atomic mass is 10.0. The van der Waals surface area contributed by atoms with E-state index < -0.39 is 0 Å². The topological polar surface area (TPSA) is 105 Å². The maximum atomic E-state index is 13.0. The molecule has 0 spiro atoms. The number of morpholine rings is 1. The van der Waals surface area contributed by atoms with Crippen molar-refractivity contribution in [1.29, 1.82) is 0 Å². The van der Waals surface area contributed by atoms with Crippen molar-refractivity contribution in [3.63, 3.8) is 0 Å². The standard InChI is InChI=1S/C23H25N5O3/c24-22-18(23(30)27-7-9-31-10-8-27)11-16-14-28(6-5-19(16)26-22)21(29)12-15-13-25-20-4-2-1-3-17(15)20/h1-4,11,13,25H,5-10,12,14H2,(H2,24,26). The van der Waals surface area contributed by atoms with Gasteiger partial charge in [-0.25, -0.2) is 4.98 Å². The molecular weight excluding hydrogens is 394 g/mol. The van der Waals surface area contributed by atoms with E-state index in [0.29, 0.717) is 57.8 Å². The van der Waals surface area contributed by atoms with Gasteiger partial charge in [-0.2, -0.15) is 0 Å². The average Bonchev–Trinajstić information content (AvgIpc) is 3.21. The summed E-state index contributed by atoms with van der Waals surface area (Å²) in [6.45, 7) is 3.18. The van der Waals surface area contributed by atoms with Crippen LogP contribution in [0, 0.1) is 0 Å². The largest absolute Gasteiger partial charge is 0.383 e. The van der Waals surface area contributed by atoms with E-state index in [9.17, 15) is 9.59 Å². The van der Waals surface area contributed by atoms with Crippen LogP contribution in [0.3, 0.4) is 0 Å². The molecule has 31 heavy (non-hydrogen) atoms. The second kappa shape index (κ2) is 8.03. The minimum Gasteiger partial charge on any atom is -0.383 e. The van der Waals surface area contributed by atoms with Crippen molar-refractivity contribution in [2.75, 3.05) is 38.6 Å². The first-order valence-electron chi connectivity index (χ1n) is 10.6. The lowest BCUT2D eigenvalue weighted by Gasteiger charge is -2.30. The van der Waals surface area contributed by atoms with Crippen molar-refractivity contribution in [2.45, 2.75) is 19.4 Å². The third-order valence-corrected chi connectivity index (χ3v) is 6.10. The van der Waals surface area contributed by atoms with Gasteiger partial charge in [-0.05, 0) is 23.3 Å². The van der Waals surface area contributed by atoms with Crippen molar-refractivity contribution < 1.29 is 14.3 Å². The Morgan fingerprint density at radius 2 is 1.94 bits per heavy atom. The number of amides is 2. The number of aromatic amines is 1. The third kappa shape index (κ3) is 3.74. The zero-order chi connectivity index (χ0) is 21.4. The molecule has 8 nitrogen and oxygen atoms in total. The van der Waals surface area contributed by atoms with Gasteiger partial charge in [0.1, 0.15) is 5.82 Å². The molecule has 2 aliphatic rings. The minimum absolute atomic E-state index is 0.0632. The van der Waals surface area contributed by atoms with Crippen LogP contribution in [0.4, 0.5) is 5.82 Å². The number of benzene rings is 1. The Labute approximate surface area is 180 Å². The highest BCUT2D eigenvalue weighted by Gasteiger charge is 2.27. The van der Waals surface area contributed by atoms with Crippen molar-refractivity contribution >= 4 is 28.5 Å². The predicted octanol–water partition coefficient (Wildman–Crippen LogP) is 1.74. The summed E-state index contributed by atoms with van der Waals surface area (Å²) < 4.78 is 5.33. The zero-order valence-electron chi connectivity index (χ0n) is 17.3. The van der Waals surface area contributed by atoms with Gasteiger partial charge in [-0.15, -0.1) is 0 Å². The number of pyridine rings is 1. The Morgan fingerprint density at radius 1 is 1.13 bits per heavy atom. The minimum atomic E-state index is -0.127. The van der Waals surface area contributed by atoms with Crippen LogP contribution in [0.15, 0.2) is 36.5 Å². The van der Waals surface area contributed by atoms with E-state index in [-0.39, 0.29) is 17.6 Å². The van der Waals surface area contributed by atoms with Gasteiger partial charge < -0.3 is 25.3 Å². The fourth-order valence-electron chi connectivity index (χ4n) is 4.36. The van der Waals surface area contributed by atoms with Gasteiger partial charge in [0.15, 0.2) is 0 Å². The van der Waals surface area contributed by atoms with Crippen molar-refractivity contribution in [3.8, 4) is 0 Å². The Bertz CT molecular complexity index is 1150. The molecule has 0 radical (unpaired) electrons. The number of nitrogens with two attached hydrogens (primary N) is 1. The highest BCUT2D eigenvalue weighted by Crippen LogP contribution is 2.25. The Kier molecular flexibility index (Phi) is 5.07. The Balaban J connectivity index is 1.34. The lowest BCUT2D eigenvalue weighted by Crippen LogP contribution is -2.41. The van der Waals surface area contributed by atoms with Crippen molar-refractivity contribution in [2.24, 2.45) is 0 Å². The van der Waals surface area contributed by atoms with Crippen molar-refractivity contribution in [3.05, 3.63) is 58.9 Å². The third-order valence-electron chi connectivity index (χ3n) is 6.10. The summed E-state index contributed by atoms with van der Waals surface area (Å²) in [4.78, 5) is 37.3. The molecule has 1 fully saturated rings. The van der Waals surface area contributed by atoms with E-state index in [1.54, 1.807) is 4.90 Å².